The average Bonchev–Trinajstić information content (AvgIpc) is 2.98. The molecule has 1 aromatic heterocycles. The molecule has 2 aliphatic heterocycles. The molecule has 9 atom stereocenters. The molecule has 45 heavy (non-hydrogen) atoms. The molecule has 3 heterocycles. The van der Waals surface area contributed by atoms with Crippen LogP contribution in [0.2, 0.25) is 0 Å². The van der Waals surface area contributed by atoms with Crippen molar-refractivity contribution in [2.75, 3.05) is 6.61 Å². The van der Waals surface area contributed by atoms with Gasteiger partial charge in [0.15, 0.2) is 18.2 Å². The van der Waals surface area contributed by atoms with Gasteiger partial charge >= 0.3 is 0 Å². The van der Waals surface area contributed by atoms with Gasteiger partial charge in [0.05, 0.1) is 12.7 Å². The summed E-state index contributed by atoms with van der Waals surface area (Å²) in [5.74, 6) is -1.72. The van der Waals surface area contributed by atoms with Crippen LogP contribution >= 0.6 is 0 Å². The Bertz CT molecular complexity index is 1610. The van der Waals surface area contributed by atoms with Crippen LogP contribution in [0.3, 0.4) is 0 Å². The Morgan fingerprint density at radius 3 is 2.29 bits per heavy atom. The maximum atomic E-state index is 14.1. The molecule has 2 saturated heterocycles. The van der Waals surface area contributed by atoms with Crippen molar-refractivity contribution in [3.05, 3.63) is 57.8 Å². The van der Waals surface area contributed by atoms with Crippen LogP contribution in [0.4, 0.5) is 0 Å². The van der Waals surface area contributed by atoms with Gasteiger partial charge in [-0.05, 0) is 51.5 Å². The Morgan fingerprint density at radius 2 is 1.62 bits per heavy atom. The topological polar surface area (TPSA) is 229 Å². The summed E-state index contributed by atoms with van der Waals surface area (Å²) in [6.45, 7) is 4.70. The van der Waals surface area contributed by atoms with Gasteiger partial charge in [-0.25, -0.2) is 0 Å². The van der Waals surface area contributed by atoms with Crippen LogP contribution in [0.5, 0.6) is 23.0 Å². The van der Waals surface area contributed by atoms with Gasteiger partial charge in [0.25, 0.3) is 0 Å². The molecule has 8 N–H and O–H groups in total. The minimum absolute atomic E-state index is 0.0859. The monoisotopic (exact) mass is 632 g/mol. The normalized spacial score (nSPS) is 30.3. The van der Waals surface area contributed by atoms with Crippen molar-refractivity contribution in [2.24, 2.45) is 0 Å². The number of benzene rings is 2. The summed E-state index contributed by atoms with van der Waals surface area (Å²) >= 11 is 0. The molecular weight excluding hydrogens is 596 g/mol. The fourth-order valence-corrected chi connectivity index (χ4v) is 5.19. The van der Waals surface area contributed by atoms with E-state index in [4.69, 9.17) is 23.4 Å². The number of hydrogen-bond donors (Lipinski definition) is 8. The lowest BCUT2D eigenvalue weighted by atomic mass is 9.99. The number of hydrogen-bond acceptors (Lipinski definition) is 14. The number of phenolic OH excluding ortho intramolecular Hbond substituents is 3. The lowest BCUT2D eigenvalue weighted by Gasteiger charge is -2.44. The molecule has 0 radical (unpaired) electrons. The van der Waals surface area contributed by atoms with Gasteiger partial charge in [-0.15, -0.1) is 0 Å². The summed E-state index contributed by atoms with van der Waals surface area (Å²) in [4.78, 5) is 14.1. The molecule has 14 nitrogen and oxygen atoms in total. The molecule has 0 spiro atoms. The maximum absolute atomic E-state index is 14.1. The molecule has 14 heteroatoms. The second-order valence-electron chi connectivity index (χ2n) is 11.4. The van der Waals surface area contributed by atoms with Crippen molar-refractivity contribution >= 4 is 11.0 Å². The molecule has 0 saturated carbocycles. The van der Waals surface area contributed by atoms with E-state index in [1.54, 1.807) is 6.08 Å². The van der Waals surface area contributed by atoms with E-state index in [1.807, 2.05) is 13.8 Å². The summed E-state index contributed by atoms with van der Waals surface area (Å²) in [6.07, 6.45) is -12.1. The first kappa shape index (κ1) is 32.7. The number of ether oxygens (including phenoxy) is 4. The Labute approximate surface area is 256 Å². The van der Waals surface area contributed by atoms with Crippen LogP contribution in [-0.2, 0) is 20.6 Å². The van der Waals surface area contributed by atoms with Gasteiger partial charge in [-0.3, -0.25) is 4.79 Å². The number of phenols is 3. The summed E-state index contributed by atoms with van der Waals surface area (Å²) in [6, 6.07) is 6.53. The van der Waals surface area contributed by atoms with E-state index in [0.717, 1.165) is 11.6 Å². The standard InChI is InChI=1S/C31H36O14/c1-12(2)4-9-16-17(33)10-18(34)20-23(38)28(26(43-27(16)20)14-5-7-15(32)8-6-14)44-31-29(24(39)21(36)13(3)42-31)45-30-25(40)22(37)19(35)11-41-30/h4-8,10,13,19,21-22,24-25,29-37,39-40H,9,11H2,1-3H3/t13-,19+,21-,22-,24+,25+,29+,30+,31-/m1/s1. The highest BCUT2D eigenvalue weighted by Crippen LogP contribution is 2.40. The number of aliphatic hydroxyl groups excluding tert-OH is 5. The van der Waals surface area contributed by atoms with E-state index in [1.165, 1.54) is 31.2 Å². The Balaban J connectivity index is 1.65. The largest absolute Gasteiger partial charge is 0.508 e. The molecule has 2 aromatic carbocycles. The summed E-state index contributed by atoms with van der Waals surface area (Å²) in [5, 5.41) is 82.9. The Hall–Kier alpha value is -3.73. The number of allylic oxidation sites excluding steroid dienone is 2. The predicted molar refractivity (Wildman–Crippen MR) is 156 cm³/mol. The first-order valence-electron chi connectivity index (χ1n) is 14.2. The number of fused-ring (bicyclic) bond motifs is 1. The summed E-state index contributed by atoms with van der Waals surface area (Å²) in [5.41, 5.74) is 0.347. The smallest absolute Gasteiger partial charge is 0.239 e. The average molecular weight is 633 g/mol. The Kier molecular flexibility index (Phi) is 9.39. The highest BCUT2D eigenvalue weighted by atomic mass is 16.8. The SMILES string of the molecule is CC(C)=CCc1c(O)cc(O)c2c(=O)c(O[C@H]3O[C@H](C)[C@@H](O)[C@H](O)[C@@H]3O[C@@H]3OC[C@H](O)[C@@H](O)[C@@H]3O)c(-c3ccc(O)cc3)oc12. The second kappa shape index (κ2) is 12.9. The zero-order chi connectivity index (χ0) is 32.7. The van der Waals surface area contributed by atoms with Gasteiger partial charge < -0.3 is 64.2 Å². The molecule has 2 fully saturated rings. The highest BCUT2D eigenvalue weighted by Gasteiger charge is 2.49. The zero-order valence-electron chi connectivity index (χ0n) is 24.6. The number of aliphatic hydroxyl groups is 5. The fraction of sp³-hybridized carbons (Fsp3) is 0.452. The Morgan fingerprint density at radius 1 is 0.933 bits per heavy atom. The minimum atomic E-state index is -1.76. The molecule has 5 rings (SSSR count). The van der Waals surface area contributed by atoms with Crippen molar-refractivity contribution in [1.82, 2.24) is 0 Å². The third-order valence-corrected chi connectivity index (χ3v) is 7.79. The van der Waals surface area contributed by atoms with E-state index in [0.29, 0.717) is 0 Å². The van der Waals surface area contributed by atoms with Crippen LogP contribution in [-0.4, -0.2) is 103 Å². The maximum Gasteiger partial charge on any atom is 0.239 e. The second-order valence-corrected chi connectivity index (χ2v) is 11.4. The molecule has 0 unspecified atom stereocenters. The van der Waals surface area contributed by atoms with Crippen LogP contribution in [0.15, 0.2) is 51.2 Å². The fourth-order valence-electron chi connectivity index (χ4n) is 5.19. The molecule has 0 aliphatic carbocycles. The van der Waals surface area contributed by atoms with Crippen LogP contribution in [0.25, 0.3) is 22.3 Å². The number of rotatable bonds is 7. The molecule has 0 amide bonds. The van der Waals surface area contributed by atoms with Crippen molar-refractivity contribution in [2.45, 2.75) is 82.5 Å². The minimum Gasteiger partial charge on any atom is -0.508 e. The van der Waals surface area contributed by atoms with Crippen LogP contribution in [0, 0.1) is 0 Å². The van der Waals surface area contributed by atoms with Crippen LogP contribution < -0.4 is 10.2 Å². The zero-order valence-corrected chi connectivity index (χ0v) is 24.6. The van der Waals surface area contributed by atoms with Gasteiger partial charge in [-0.1, -0.05) is 11.6 Å². The first-order valence-corrected chi connectivity index (χ1v) is 14.2. The third kappa shape index (κ3) is 6.36. The molecule has 2 aliphatic rings. The van der Waals surface area contributed by atoms with Crippen molar-refractivity contribution in [3.8, 4) is 34.3 Å². The third-order valence-electron chi connectivity index (χ3n) is 7.79. The van der Waals surface area contributed by atoms with E-state index in [9.17, 15) is 45.6 Å². The van der Waals surface area contributed by atoms with Crippen LogP contribution in [0.1, 0.15) is 26.3 Å². The van der Waals surface area contributed by atoms with Crippen molar-refractivity contribution in [1.29, 1.82) is 0 Å². The van der Waals surface area contributed by atoms with Gasteiger partial charge in [0, 0.05) is 17.2 Å². The highest BCUT2D eigenvalue weighted by molar-refractivity contribution is 5.91. The van der Waals surface area contributed by atoms with Gasteiger partial charge in [0.1, 0.15) is 58.7 Å². The molecule has 3 aromatic rings. The van der Waals surface area contributed by atoms with E-state index < -0.39 is 78.8 Å². The first-order chi connectivity index (χ1) is 21.3. The van der Waals surface area contributed by atoms with Crippen molar-refractivity contribution < 1.29 is 64.2 Å². The molecule has 244 valence electrons. The molecular formula is C31H36O14. The van der Waals surface area contributed by atoms with E-state index in [2.05, 4.69) is 0 Å². The van der Waals surface area contributed by atoms with E-state index in [-0.39, 0.29) is 45.8 Å². The summed E-state index contributed by atoms with van der Waals surface area (Å²) < 4.78 is 29.0. The quantitative estimate of drug-likeness (QED) is 0.168. The van der Waals surface area contributed by atoms with Crippen molar-refractivity contribution in [3.63, 3.8) is 0 Å². The van der Waals surface area contributed by atoms with Gasteiger partial charge in [0.2, 0.25) is 17.5 Å². The van der Waals surface area contributed by atoms with Gasteiger partial charge in [-0.2, -0.15) is 0 Å². The predicted octanol–water partition coefficient (Wildman–Crippen LogP) is 0.755. The summed E-state index contributed by atoms with van der Waals surface area (Å²) in [7, 11) is 0. The lowest BCUT2D eigenvalue weighted by molar-refractivity contribution is -0.341. The van der Waals surface area contributed by atoms with E-state index >= 15 is 0 Å². The lowest BCUT2D eigenvalue weighted by Crippen LogP contribution is -2.62. The number of aromatic hydroxyl groups is 3. The molecule has 0 bridgehead atoms.